The van der Waals surface area contributed by atoms with Gasteiger partial charge in [-0.05, 0) is 6.92 Å². The third kappa shape index (κ3) is 4.34. The molecular weight excluding hydrogens is 311 g/mol. The van der Waals surface area contributed by atoms with Crippen molar-refractivity contribution in [2.75, 3.05) is 0 Å². The Bertz CT molecular complexity index is 380. The van der Waals surface area contributed by atoms with Crippen LogP contribution in [0.3, 0.4) is 0 Å². The van der Waals surface area contributed by atoms with Gasteiger partial charge in [0.2, 0.25) is 0 Å². The molecule has 0 saturated carbocycles. The van der Waals surface area contributed by atoms with Crippen molar-refractivity contribution in [1.82, 2.24) is 0 Å². The van der Waals surface area contributed by atoms with Crippen LogP contribution in [0.4, 0.5) is 0 Å². The molecule has 18 heavy (non-hydrogen) atoms. The molecule has 2 rings (SSSR count). The smallest absolute Gasteiger partial charge is 2.00 e. The molecule has 0 radical (unpaired) electrons. The predicted octanol–water partition coefficient (Wildman–Crippen LogP) is 3.14. The van der Waals surface area contributed by atoms with E-state index in [9.17, 15) is 0 Å². The minimum absolute atomic E-state index is 0. The van der Waals surface area contributed by atoms with Crippen molar-refractivity contribution in [1.29, 1.82) is 0 Å². The van der Waals surface area contributed by atoms with E-state index in [1.54, 1.807) is 0 Å². The standard InChI is InChI=1S/C12H16OSe.C2H4O.S/c1-12(2)11(14-3)8-9-6-4-5-7-10(9)13-12;1-2-3;/h4-7,11H,8H2,1-3H3;2H,1H3;/q;;-2. The molecule has 0 aliphatic carbocycles. The minimum atomic E-state index is 0. The normalized spacial score (nSPS) is 19.2. The molecule has 0 N–H and O–H groups in total. The monoisotopic (exact) mass is 332 g/mol. The number of benzene rings is 1. The maximum absolute atomic E-state index is 8.81. The fraction of sp³-hybridized carbons (Fsp3) is 0.500. The Kier molecular flexibility index (Phi) is 7.68. The Balaban J connectivity index is 0.000000660. The van der Waals surface area contributed by atoms with Crippen LogP contribution in [0.15, 0.2) is 24.3 Å². The van der Waals surface area contributed by atoms with Gasteiger partial charge >= 0.3 is 91.8 Å². The zero-order chi connectivity index (χ0) is 12.9. The summed E-state index contributed by atoms with van der Waals surface area (Å²) in [6, 6.07) is 8.41. The molecule has 1 atom stereocenters. The number of carbonyl (C=O) groups is 1. The summed E-state index contributed by atoms with van der Waals surface area (Å²) in [7, 11) is 0. The number of para-hydroxylation sites is 1. The molecule has 1 aliphatic rings. The Hall–Kier alpha value is -0.441. The molecule has 0 amide bonds. The first kappa shape index (κ1) is 17.6. The Labute approximate surface area is 123 Å². The van der Waals surface area contributed by atoms with Crippen molar-refractivity contribution in [2.45, 2.75) is 43.4 Å². The second kappa shape index (κ2) is 7.88. The molecular formula is C14H20O2SSe-2. The Morgan fingerprint density at radius 3 is 2.50 bits per heavy atom. The van der Waals surface area contributed by atoms with Crippen molar-refractivity contribution < 1.29 is 9.53 Å². The number of fused-ring (bicyclic) bond motifs is 1. The van der Waals surface area contributed by atoms with Gasteiger partial charge in [-0.3, -0.25) is 0 Å². The number of rotatable bonds is 1. The second-order valence-corrected chi connectivity index (χ2v) is 6.66. The van der Waals surface area contributed by atoms with E-state index < -0.39 is 0 Å². The van der Waals surface area contributed by atoms with Crippen LogP contribution in [0.1, 0.15) is 26.3 Å². The van der Waals surface area contributed by atoms with Crippen molar-refractivity contribution in [3.63, 3.8) is 0 Å². The molecule has 0 bridgehead atoms. The zero-order valence-electron chi connectivity index (χ0n) is 11.3. The van der Waals surface area contributed by atoms with Crippen LogP contribution in [0.5, 0.6) is 5.75 Å². The summed E-state index contributed by atoms with van der Waals surface area (Å²) in [5.74, 6) is 3.38. The third-order valence-corrected chi connectivity index (χ3v) is 5.55. The van der Waals surface area contributed by atoms with Gasteiger partial charge in [-0.2, -0.15) is 0 Å². The number of aldehydes is 1. The Morgan fingerprint density at radius 1 is 1.39 bits per heavy atom. The largest absolute Gasteiger partial charge is 2.00 e. The molecule has 1 aromatic rings. The molecule has 1 heterocycles. The molecule has 0 saturated heterocycles. The van der Waals surface area contributed by atoms with Crippen molar-refractivity contribution in [3.8, 4) is 5.75 Å². The first-order valence-electron chi connectivity index (χ1n) is 5.74. The van der Waals surface area contributed by atoms with Crippen LogP contribution >= 0.6 is 0 Å². The quantitative estimate of drug-likeness (QED) is 0.584. The van der Waals surface area contributed by atoms with E-state index in [0.29, 0.717) is 19.8 Å². The van der Waals surface area contributed by atoms with E-state index in [-0.39, 0.29) is 19.1 Å². The zero-order valence-corrected chi connectivity index (χ0v) is 13.8. The van der Waals surface area contributed by atoms with E-state index in [1.807, 2.05) is 6.07 Å². The van der Waals surface area contributed by atoms with Crippen molar-refractivity contribution >= 4 is 34.7 Å². The first-order valence-corrected chi connectivity index (χ1v) is 8.45. The first-order chi connectivity index (χ1) is 8.05. The topological polar surface area (TPSA) is 26.3 Å². The van der Waals surface area contributed by atoms with Crippen LogP contribution in [-0.4, -0.2) is 26.8 Å². The van der Waals surface area contributed by atoms with Crippen LogP contribution in [0.2, 0.25) is 10.6 Å². The number of carbonyl (C=O) groups excluding carboxylic acids is 1. The van der Waals surface area contributed by atoms with E-state index in [1.165, 1.54) is 18.9 Å². The van der Waals surface area contributed by atoms with Gasteiger partial charge in [-0.15, -0.1) is 0 Å². The van der Waals surface area contributed by atoms with Gasteiger partial charge in [0.15, 0.2) is 0 Å². The molecule has 0 spiro atoms. The van der Waals surface area contributed by atoms with Crippen molar-refractivity contribution in [2.24, 2.45) is 0 Å². The van der Waals surface area contributed by atoms with Crippen LogP contribution < -0.4 is 4.74 Å². The summed E-state index contributed by atoms with van der Waals surface area (Å²) in [4.78, 5) is 9.50. The summed E-state index contributed by atoms with van der Waals surface area (Å²) in [5.41, 5.74) is 1.39. The molecule has 2 nitrogen and oxygen atoms in total. The molecule has 1 aromatic carbocycles. The van der Waals surface area contributed by atoms with Gasteiger partial charge in [0, 0.05) is 0 Å². The van der Waals surface area contributed by atoms with Crippen LogP contribution in [-0.2, 0) is 24.7 Å². The fourth-order valence-electron chi connectivity index (χ4n) is 1.93. The molecule has 0 aromatic heterocycles. The maximum Gasteiger partial charge on any atom is -2.00 e. The van der Waals surface area contributed by atoms with Crippen LogP contribution in [0.25, 0.3) is 0 Å². The Morgan fingerprint density at radius 2 is 1.94 bits per heavy atom. The number of ether oxygens (including phenoxy) is 1. The van der Waals surface area contributed by atoms with Gasteiger partial charge in [0.25, 0.3) is 0 Å². The van der Waals surface area contributed by atoms with E-state index in [4.69, 9.17) is 9.53 Å². The molecule has 102 valence electrons. The minimum Gasteiger partial charge on any atom is -2.00 e. The summed E-state index contributed by atoms with van der Waals surface area (Å²) in [5, 5.41) is 0. The van der Waals surface area contributed by atoms with Gasteiger partial charge in [-0.1, -0.05) is 0 Å². The molecule has 4 heteroatoms. The van der Waals surface area contributed by atoms with Gasteiger partial charge < -0.3 is 18.3 Å². The predicted molar refractivity (Wildman–Crippen MR) is 79.3 cm³/mol. The molecule has 1 aliphatic heterocycles. The summed E-state index contributed by atoms with van der Waals surface area (Å²) in [6.07, 6.45) is 1.93. The maximum atomic E-state index is 8.81. The van der Waals surface area contributed by atoms with Gasteiger partial charge in [0.1, 0.15) is 6.29 Å². The van der Waals surface area contributed by atoms with Gasteiger partial charge in [0.05, 0.1) is 0 Å². The molecule has 1 unspecified atom stereocenters. The summed E-state index contributed by atoms with van der Waals surface area (Å²) >= 11 is 0.650. The van der Waals surface area contributed by atoms with E-state index >= 15 is 0 Å². The summed E-state index contributed by atoms with van der Waals surface area (Å²) < 4.78 is 6.04. The second-order valence-electron chi connectivity index (χ2n) is 4.48. The fourth-order valence-corrected chi connectivity index (χ4v) is 3.95. The van der Waals surface area contributed by atoms with E-state index in [2.05, 4.69) is 37.9 Å². The van der Waals surface area contributed by atoms with Crippen LogP contribution in [0, 0.1) is 0 Å². The third-order valence-electron chi connectivity index (χ3n) is 2.81. The number of hydrogen-bond donors (Lipinski definition) is 0. The average molecular weight is 331 g/mol. The summed E-state index contributed by atoms with van der Waals surface area (Å²) in [6.45, 7) is 5.86. The van der Waals surface area contributed by atoms with Crippen molar-refractivity contribution in [3.05, 3.63) is 29.8 Å². The molecule has 0 fully saturated rings. The SMILES string of the molecule is CC=O.C[Se]C1Cc2ccccc2OC1(C)C.[S-2]. The van der Waals surface area contributed by atoms with Gasteiger partial charge in [-0.25, -0.2) is 0 Å². The average Bonchev–Trinajstić information content (AvgIpc) is 2.28. The van der Waals surface area contributed by atoms with E-state index in [0.717, 1.165) is 12.0 Å². The number of hydrogen-bond acceptors (Lipinski definition) is 2.